The van der Waals surface area contributed by atoms with Crippen LogP contribution in [0.2, 0.25) is 0 Å². The maximum atomic E-state index is 14.0. The minimum absolute atomic E-state index is 0.0869. The van der Waals surface area contributed by atoms with Crippen molar-refractivity contribution >= 4 is 15.9 Å². The van der Waals surface area contributed by atoms with E-state index in [0.717, 1.165) is 11.1 Å². The second-order valence-electron chi connectivity index (χ2n) is 4.89. The first kappa shape index (κ1) is 15.8. The minimum atomic E-state index is -0.183. The number of hydrogen-bond donors (Lipinski definition) is 0. The Morgan fingerprint density at radius 2 is 1.76 bits per heavy atom. The zero-order valence-corrected chi connectivity index (χ0v) is 13.9. The summed E-state index contributed by atoms with van der Waals surface area (Å²) in [5, 5.41) is 0. The fraction of sp³-hybridized carbons (Fsp3) is 0.294. The summed E-state index contributed by atoms with van der Waals surface area (Å²) in [6.07, 6.45) is 0.667. The molecule has 0 radical (unpaired) electrons. The summed E-state index contributed by atoms with van der Waals surface area (Å²) in [6, 6.07) is 11.0. The SMILES string of the molecule is COc1ccc(CC(Br)c2ccc(C)cc2F)cc1OC. The fourth-order valence-corrected chi connectivity index (χ4v) is 2.96. The normalized spacial score (nSPS) is 12.0. The van der Waals surface area contributed by atoms with Crippen molar-refractivity contribution in [3.63, 3.8) is 0 Å². The molecule has 0 aliphatic rings. The molecule has 0 bridgehead atoms. The highest BCUT2D eigenvalue weighted by Crippen LogP contribution is 2.33. The molecule has 2 nitrogen and oxygen atoms in total. The van der Waals surface area contributed by atoms with Crippen molar-refractivity contribution in [2.45, 2.75) is 18.2 Å². The topological polar surface area (TPSA) is 18.5 Å². The second-order valence-corrected chi connectivity index (χ2v) is 5.99. The molecule has 112 valence electrons. The zero-order valence-electron chi connectivity index (χ0n) is 12.3. The van der Waals surface area contributed by atoms with Crippen LogP contribution in [-0.2, 0) is 6.42 Å². The van der Waals surface area contributed by atoms with Crippen LogP contribution in [0.1, 0.15) is 21.5 Å². The van der Waals surface area contributed by atoms with Crippen LogP contribution in [0.4, 0.5) is 4.39 Å². The van der Waals surface area contributed by atoms with Crippen molar-refractivity contribution < 1.29 is 13.9 Å². The van der Waals surface area contributed by atoms with Crippen LogP contribution in [0.25, 0.3) is 0 Å². The molecule has 1 unspecified atom stereocenters. The highest BCUT2D eigenvalue weighted by atomic mass is 79.9. The van der Waals surface area contributed by atoms with Gasteiger partial charge in [-0.1, -0.05) is 34.1 Å². The predicted molar refractivity (Wildman–Crippen MR) is 86.1 cm³/mol. The quantitative estimate of drug-likeness (QED) is 0.717. The number of ether oxygens (including phenoxy) is 2. The van der Waals surface area contributed by atoms with Crippen LogP contribution in [0, 0.1) is 12.7 Å². The standard InChI is InChI=1S/C17H18BrFO2/c1-11-4-6-13(15(19)8-11)14(18)9-12-5-7-16(20-2)17(10-12)21-3/h4-8,10,14H,9H2,1-3H3. The van der Waals surface area contributed by atoms with Crippen LogP contribution in [0.15, 0.2) is 36.4 Å². The van der Waals surface area contributed by atoms with E-state index in [4.69, 9.17) is 9.47 Å². The Morgan fingerprint density at radius 1 is 1.05 bits per heavy atom. The van der Waals surface area contributed by atoms with Crippen molar-refractivity contribution in [2.75, 3.05) is 14.2 Å². The summed E-state index contributed by atoms with van der Waals surface area (Å²) in [4.78, 5) is -0.0869. The van der Waals surface area contributed by atoms with Crippen molar-refractivity contribution in [1.82, 2.24) is 0 Å². The monoisotopic (exact) mass is 352 g/mol. The molecule has 1 atom stereocenters. The summed E-state index contributed by atoms with van der Waals surface area (Å²) in [5.74, 6) is 1.19. The number of alkyl halides is 1. The van der Waals surface area contributed by atoms with Gasteiger partial charge in [0.05, 0.1) is 14.2 Å². The molecule has 4 heteroatoms. The lowest BCUT2D eigenvalue weighted by Crippen LogP contribution is -2.00. The summed E-state index contributed by atoms with van der Waals surface area (Å²) in [6.45, 7) is 1.88. The average molecular weight is 353 g/mol. The molecule has 0 N–H and O–H groups in total. The van der Waals surface area contributed by atoms with Gasteiger partial charge in [0.25, 0.3) is 0 Å². The van der Waals surface area contributed by atoms with Gasteiger partial charge in [-0.3, -0.25) is 0 Å². The number of rotatable bonds is 5. The largest absolute Gasteiger partial charge is 0.493 e. The molecule has 0 aromatic heterocycles. The Kier molecular flexibility index (Phi) is 5.23. The Bertz CT molecular complexity index is 628. The third kappa shape index (κ3) is 3.76. The van der Waals surface area contributed by atoms with E-state index in [1.165, 1.54) is 0 Å². The third-order valence-electron chi connectivity index (χ3n) is 3.36. The van der Waals surface area contributed by atoms with Crippen LogP contribution in [-0.4, -0.2) is 14.2 Å². The number of benzene rings is 2. The third-order valence-corrected chi connectivity index (χ3v) is 4.17. The highest BCUT2D eigenvalue weighted by Gasteiger charge is 2.14. The van der Waals surface area contributed by atoms with Crippen molar-refractivity contribution in [1.29, 1.82) is 0 Å². The maximum absolute atomic E-state index is 14.0. The summed E-state index contributed by atoms with van der Waals surface area (Å²) >= 11 is 3.57. The van der Waals surface area contributed by atoms with E-state index in [1.54, 1.807) is 20.3 Å². The van der Waals surface area contributed by atoms with Gasteiger partial charge in [0.15, 0.2) is 11.5 Å². The average Bonchev–Trinajstić information content (AvgIpc) is 2.46. The lowest BCUT2D eigenvalue weighted by molar-refractivity contribution is 0.354. The molecule has 0 amide bonds. The second kappa shape index (κ2) is 6.94. The van der Waals surface area contributed by atoms with Gasteiger partial charge < -0.3 is 9.47 Å². The first-order chi connectivity index (χ1) is 10.0. The molecule has 2 aromatic rings. The van der Waals surface area contributed by atoms with Gasteiger partial charge >= 0.3 is 0 Å². The molecule has 0 heterocycles. The van der Waals surface area contributed by atoms with E-state index in [2.05, 4.69) is 15.9 Å². The van der Waals surface area contributed by atoms with E-state index < -0.39 is 0 Å². The maximum Gasteiger partial charge on any atom is 0.160 e. The molecule has 0 aliphatic carbocycles. The first-order valence-electron chi connectivity index (χ1n) is 6.66. The number of halogens is 2. The molecule has 0 aliphatic heterocycles. The van der Waals surface area contributed by atoms with Gasteiger partial charge in [0.2, 0.25) is 0 Å². The van der Waals surface area contributed by atoms with E-state index in [9.17, 15) is 4.39 Å². The van der Waals surface area contributed by atoms with Crippen LogP contribution in [0.3, 0.4) is 0 Å². The molecule has 0 saturated carbocycles. The first-order valence-corrected chi connectivity index (χ1v) is 7.57. The van der Waals surface area contributed by atoms with Crippen molar-refractivity contribution in [2.24, 2.45) is 0 Å². The van der Waals surface area contributed by atoms with E-state index in [-0.39, 0.29) is 10.6 Å². The molecule has 21 heavy (non-hydrogen) atoms. The van der Waals surface area contributed by atoms with Gasteiger partial charge in [0.1, 0.15) is 5.82 Å². The Labute approximate surface area is 133 Å². The van der Waals surface area contributed by atoms with Crippen LogP contribution < -0.4 is 9.47 Å². The van der Waals surface area contributed by atoms with Gasteiger partial charge in [-0.25, -0.2) is 4.39 Å². The van der Waals surface area contributed by atoms with Gasteiger partial charge in [-0.05, 0) is 42.7 Å². The van der Waals surface area contributed by atoms with E-state index in [0.29, 0.717) is 23.5 Å². The lowest BCUT2D eigenvalue weighted by atomic mass is 10.0. The van der Waals surface area contributed by atoms with Crippen molar-refractivity contribution in [3.05, 3.63) is 58.9 Å². The van der Waals surface area contributed by atoms with Crippen LogP contribution >= 0.6 is 15.9 Å². The summed E-state index contributed by atoms with van der Waals surface area (Å²) in [7, 11) is 3.21. The van der Waals surface area contributed by atoms with Gasteiger partial charge in [-0.15, -0.1) is 0 Å². The lowest BCUT2D eigenvalue weighted by Gasteiger charge is -2.14. The predicted octanol–water partition coefficient (Wildman–Crippen LogP) is 4.83. The number of methoxy groups -OCH3 is 2. The molecule has 2 rings (SSSR count). The van der Waals surface area contributed by atoms with Crippen molar-refractivity contribution in [3.8, 4) is 11.5 Å². The fourth-order valence-electron chi connectivity index (χ4n) is 2.21. The summed E-state index contributed by atoms with van der Waals surface area (Å²) < 4.78 is 24.5. The molecular formula is C17H18BrFO2. The highest BCUT2D eigenvalue weighted by molar-refractivity contribution is 9.09. The molecule has 2 aromatic carbocycles. The van der Waals surface area contributed by atoms with Gasteiger partial charge in [0, 0.05) is 10.4 Å². The zero-order chi connectivity index (χ0) is 15.4. The molecule has 0 fully saturated rings. The smallest absolute Gasteiger partial charge is 0.160 e. The molecular weight excluding hydrogens is 335 g/mol. The molecule has 0 saturated heterocycles. The minimum Gasteiger partial charge on any atom is -0.493 e. The Morgan fingerprint density at radius 3 is 2.38 bits per heavy atom. The Balaban J connectivity index is 2.21. The molecule has 0 spiro atoms. The van der Waals surface area contributed by atoms with Crippen LogP contribution in [0.5, 0.6) is 11.5 Å². The van der Waals surface area contributed by atoms with E-state index in [1.807, 2.05) is 37.3 Å². The Hall–Kier alpha value is -1.55. The number of aryl methyl sites for hydroxylation is 1. The summed E-state index contributed by atoms with van der Waals surface area (Å²) in [5.41, 5.74) is 2.63. The van der Waals surface area contributed by atoms with Gasteiger partial charge in [-0.2, -0.15) is 0 Å². The number of hydrogen-bond acceptors (Lipinski definition) is 2. The van der Waals surface area contributed by atoms with E-state index >= 15 is 0 Å².